The van der Waals surface area contributed by atoms with Gasteiger partial charge >= 0.3 is 0 Å². The Labute approximate surface area is 310 Å². The number of aliphatic hydroxyl groups excluding tert-OH is 10. The van der Waals surface area contributed by atoms with Crippen molar-refractivity contribution in [3.63, 3.8) is 0 Å². The molecule has 0 aromatic heterocycles. The Hall–Kier alpha value is -0.880. The topological polar surface area (TPSA) is 330 Å². The lowest BCUT2D eigenvalue weighted by atomic mass is 9.85. The maximum absolute atomic E-state index is 11.9. The van der Waals surface area contributed by atoms with Crippen molar-refractivity contribution in [2.75, 3.05) is 26.9 Å². The van der Waals surface area contributed by atoms with E-state index >= 15 is 0 Å². The van der Waals surface area contributed by atoms with Crippen LogP contribution in [0.1, 0.15) is 20.8 Å². The van der Waals surface area contributed by atoms with E-state index in [0.717, 1.165) is 0 Å². The van der Waals surface area contributed by atoms with Gasteiger partial charge in [-0.15, -0.1) is 0 Å². The van der Waals surface area contributed by atoms with E-state index < -0.39 is 161 Å². The second-order valence-electron chi connectivity index (χ2n) is 14.7. The van der Waals surface area contributed by atoms with Crippen molar-refractivity contribution < 1.29 is 103 Å². The third-order valence-corrected chi connectivity index (χ3v) is 11.1. The Bertz CT molecular complexity index is 1190. The molecular formula is C32H55NO21. The van der Waals surface area contributed by atoms with Crippen molar-refractivity contribution in [2.45, 2.75) is 168 Å². The van der Waals surface area contributed by atoms with Crippen LogP contribution in [0.25, 0.3) is 0 Å². The van der Waals surface area contributed by atoms with E-state index in [0.29, 0.717) is 0 Å². The summed E-state index contributed by atoms with van der Waals surface area (Å²) in [6.07, 6.45) is -32.6. The summed E-state index contributed by atoms with van der Waals surface area (Å²) in [5, 5.41) is 107. The van der Waals surface area contributed by atoms with Gasteiger partial charge in [0.25, 0.3) is 0 Å². The first-order valence-electron chi connectivity index (χ1n) is 18.1. The van der Waals surface area contributed by atoms with E-state index in [1.807, 2.05) is 0 Å². The fraction of sp³-hybridized carbons (Fsp3) is 1.00. The maximum Gasteiger partial charge on any atom is 0.187 e. The smallest absolute Gasteiger partial charge is 0.187 e. The van der Waals surface area contributed by atoms with Crippen LogP contribution in [-0.2, 0) is 52.1 Å². The molecule has 22 nitrogen and oxygen atoms in total. The number of ether oxygens (including phenoxy) is 11. The highest BCUT2D eigenvalue weighted by Gasteiger charge is 2.58. The Morgan fingerprint density at radius 1 is 0.500 bits per heavy atom. The van der Waals surface area contributed by atoms with Gasteiger partial charge in [0.2, 0.25) is 0 Å². The molecule has 0 aromatic rings. The number of aliphatic hydroxyl groups is 10. The molecule has 0 spiro atoms. The van der Waals surface area contributed by atoms with Gasteiger partial charge in [-0.3, -0.25) is 0 Å². The minimum atomic E-state index is -1.86. The first-order chi connectivity index (χ1) is 25.6. The van der Waals surface area contributed by atoms with Gasteiger partial charge in [-0.1, -0.05) is 0 Å². The molecule has 6 saturated heterocycles. The van der Waals surface area contributed by atoms with Crippen molar-refractivity contribution in [2.24, 2.45) is 11.7 Å². The highest BCUT2D eigenvalue weighted by Crippen LogP contribution is 2.40. The molecule has 54 heavy (non-hydrogen) atoms. The number of hydrogen-bond acceptors (Lipinski definition) is 22. The van der Waals surface area contributed by atoms with Gasteiger partial charge in [0.15, 0.2) is 31.5 Å². The van der Waals surface area contributed by atoms with E-state index in [-0.39, 0.29) is 12.5 Å². The summed E-state index contributed by atoms with van der Waals surface area (Å²) < 4.78 is 64.2. The average molecular weight is 790 g/mol. The van der Waals surface area contributed by atoms with Crippen LogP contribution in [0.5, 0.6) is 0 Å². The zero-order valence-electron chi connectivity index (χ0n) is 30.1. The molecule has 6 aliphatic heterocycles. The zero-order chi connectivity index (χ0) is 39.3. The van der Waals surface area contributed by atoms with Crippen molar-refractivity contribution in [1.82, 2.24) is 0 Å². The summed E-state index contributed by atoms with van der Waals surface area (Å²) in [6, 6.07) is -1.15. The minimum absolute atomic E-state index is 0.244. The summed E-state index contributed by atoms with van der Waals surface area (Å²) >= 11 is 0. The molecule has 15 unspecified atom stereocenters. The van der Waals surface area contributed by atoms with Gasteiger partial charge in [0.1, 0.15) is 79.4 Å². The number of hydrogen-bond donors (Lipinski definition) is 11. The molecule has 25 atom stereocenters. The van der Waals surface area contributed by atoms with E-state index in [1.54, 1.807) is 0 Å². The Morgan fingerprint density at radius 3 is 1.63 bits per heavy atom. The molecule has 0 aromatic carbocycles. The second kappa shape index (κ2) is 17.5. The summed E-state index contributed by atoms with van der Waals surface area (Å²) in [5.74, 6) is -0.309. The molecule has 6 heterocycles. The van der Waals surface area contributed by atoms with Crippen LogP contribution in [0.3, 0.4) is 0 Å². The Morgan fingerprint density at radius 2 is 1.02 bits per heavy atom. The normalized spacial score (nSPS) is 55.5. The molecule has 6 aliphatic rings. The summed E-state index contributed by atoms with van der Waals surface area (Å²) in [6.45, 7) is 3.54. The lowest BCUT2D eigenvalue weighted by Crippen LogP contribution is -2.69. The summed E-state index contributed by atoms with van der Waals surface area (Å²) in [4.78, 5) is 0. The van der Waals surface area contributed by atoms with Gasteiger partial charge in [-0.05, 0) is 20.8 Å². The molecule has 0 radical (unpaired) electrons. The quantitative estimate of drug-likeness (QED) is 0.0926. The largest absolute Gasteiger partial charge is 0.394 e. The first kappa shape index (κ1) is 42.7. The van der Waals surface area contributed by atoms with Crippen LogP contribution in [0.15, 0.2) is 0 Å². The lowest BCUT2D eigenvalue weighted by Gasteiger charge is -2.53. The lowest BCUT2D eigenvalue weighted by molar-refractivity contribution is -0.406. The summed E-state index contributed by atoms with van der Waals surface area (Å²) in [7, 11) is 1.30. The Kier molecular flexibility index (Phi) is 13.9. The highest BCUT2D eigenvalue weighted by atomic mass is 16.8. The molecule has 0 saturated carbocycles. The average Bonchev–Trinajstić information content (AvgIpc) is 3.13. The van der Waals surface area contributed by atoms with Gasteiger partial charge in [-0.25, -0.2) is 0 Å². The number of nitrogens with two attached hydrogens (primary N) is 1. The maximum atomic E-state index is 11.9. The third-order valence-electron chi connectivity index (χ3n) is 11.1. The van der Waals surface area contributed by atoms with Crippen molar-refractivity contribution >= 4 is 0 Å². The highest BCUT2D eigenvalue weighted by molar-refractivity contribution is 5.00. The predicted molar refractivity (Wildman–Crippen MR) is 170 cm³/mol. The molecule has 6 fully saturated rings. The first-order valence-corrected chi connectivity index (χ1v) is 18.1. The van der Waals surface area contributed by atoms with Crippen LogP contribution >= 0.6 is 0 Å². The molecule has 0 bridgehead atoms. The van der Waals surface area contributed by atoms with Gasteiger partial charge in [0, 0.05) is 13.0 Å². The van der Waals surface area contributed by atoms with Crippen LogP contribution < -0.4 is 5.73 Å². The van der Waals surface area contributed by atoms with E-state index in [2.05, 4.69) is 0 Å². The molecule has 314 valence electrons. The van der Waals surface area contributed by atoms with Crippen LogP contribution in [-0.4, -0.2) is 225 Å². The molecule has 0 aliphatic carbocycles. The fourth-order valence-corrected chi connectivity index (χ4v) is 7.71. The van der Waals surface area contributed by atoms with Crippen LogP contribution in [0, 0.1) is 5.92 Å². The SMILES string of the molecule is CO[C@@H]1OC(CO)[C@@H](O)C(O[C@@H]2OC(C)[C@H](O[C@H]3OC(CO)[C@H]4COC4C3O)C(O[C@@H]3OC(C)[C@H](O)C(O)C3O[C@@H]3OC(C)[C@H](O)C(O)C3O)C2O)C1N. The molecule has 0 amide bonds. The van der Waals surface area contributed by atoms with Gasteiger partial charge < -0.3 is 109 Å². The molecular weight excluding hydrogens is 734 g/mol. The van der Waals surface area contributed by atoms with Crippen LogP contribution in [0.4, 0.5) is 0 Å². The van der Waals surface area contributed by atoms with Gasteiger partial charge in [-0.2, -0.15) is 0 Å². The molecule has 12 N–H and O–H groups in total. The Balaban J connectivity index is 1.29. The number of fused-ring (bicyclic) bond motifs is 1. The monoisotopic (exact) mass is 789 g/mol. The van der Waals surface area contributed by atoms with Crippen molar-refractivity contribution in [3.8, 4) is 0 Å². The third kappa shape index (κ3) is 8.07. The van der Waals surface area contributed by atoms with E-state index in [1.165, 1.54) is 27.9 Å². The van der Waals surface area contributed by atoms with E-state index in [9.17, 15) is 51.1 Å². The van der Waals surface area contributed by atoms with Crippen molar-refractivity contribution in [3.05, 3.63) is 0 Å². The summed E-state index contributed by atoms with van der Waals surface area (Å²) in [5.41, 5.74) is 6.29. The fourth-order valence-electron chi connectivity index (χ4n) is 7.71. The molecule has 6 rings (SSSR count). The predicted octanol–water partition coefficient (Wildman–Crippen LogP) is -6.93. The van der Waals surface area contributed by atoms with Crippen molar-refractivity contribution in [1.29, 1.82) is 0 Å². The van der Waals surface area contributed by atoms with Gasteiger partial charge in [0.05, 0.1) is 56.4 Å². The molecule has 22 heteroatoms. The number of methoxy groups -OCH3 is 1. The second-order valence-corrected chi connectivity index (χ2v) is 14.7. The standard InChI is InChI=1S/C32H55NO21/c1-8-15(36)18(39)20(41)29(46-8)54-27-19(40)16(37)9(2)47-32(27)53-26-22(43)30(52-25-14(33)28(44-4)50-13(6-35)17(25)38)48-10(3)23(26)51-31-21(42)24-11(7-45-24)12(5-34)49-31/h8-32,34-43H,5-7,33H2,1-4H3/t8?,9?,10?,11-,12?,13?,14?,15+,16+,17-,18?,19?,20?,21?,22?,23+,24?,25?,26?,27?,28-,29+,30+,31-,32+/m1/s1. The minimum Gasteiger partial charge on any atom is -0.394 e. The zero-order valence-corrected chi connectivity index (χ0v) is 30.1. The van der Waals surface area contributed by atoms with E-state index in [4.69, 9.17) is 57.8 Å². The number of rotatable bonds is 11. The van der Waals surface area contributed by atoms with Crippen LogP contribution in [0.2, 0.25) is 0 Å².